The smallest absolute Gasteiger partial charge is 0.194 e. The third-order valence-electron chi connectivity index (χ3n) is 4.57. The van der Waals surface area contributed by atoms with Crippen molar-refractivity contribution in [3.63, 3.8) is 0 Å². The lowest BCUT2D eigenvalue weighted by Crippen LogP contribution is -2.29. The van der Waals surface area contributed by atoms with Gasteiger partial charge in [0.05, 0.1) is 31.0 Å². The van der Waals surface area contributed by atoms with Crippen molar-refractivity contribution in [2.45, 2.75) is 25.8 Å². The van der Waals surface area contributed by atoms with E-state index in [0.29, 0.717) is 18.3 Å². The first-order valence-electron chi connectivity index (χ1n) is 8.48. The Morgan fingerprint density at radius 2 is 2.24 bits per heavy atom. The summed E-state index contributed by atoms with van der Waals surface area (Å²) in [5.74, 6) is 1.10. The topological polar surface area (TPSA) is 67.1 Å². The number of imidazole rings is 1. The predicted molar refractivity (Wildman–Crippen MR) is 97.9 cm³/mol. The summed E-state index contributed by atoms with van der Waals surface area (Å²) in [6, 6.07) is 0.0358. The highest BCUT2D eigenvalue weighted by atomic mass is 32.1. The van der Waals surface area contributed by atoms with Crippen LogP contribution < -0.4 is 10.6 Å². The summed E-state index contributed by atoms with van der Waals surface area (Å²) in [5, 5.41) is 6.52. The molecule has 25 heavy (non-hydrogen) atoms. The van der Waals surface area contributed by atoms with Gasteiger partial charge in [-0.25, -0.2) is 9.97 Å². The van der Waals surface area contributed by atoms with Gasteiger partial charge in [-0.15, -0.1) is 11.3 Å². The van der Waals surface area contributed by atoms with Crippen LogP contribution in [0.15, 0.2) is 24.8 Å². The van der Waals surface area contributed by atoms with Gasteiger partial charge in [0, 0.05) is 36.1 Å². The van der Waals surface area contributed by atoms with Gasteiger partial charge in [0.25, 0.3) is 0 Å². The maximum absolute atomic E-state index is 13.1. The molecule has 1 saturated heterocycles. The van der Waals surface area contributed by atoms with Gasteiger partial charge in [0.2, 0.25) is 0 Å². The lowest BCUT2D eigenvalue weighted by molar-refractivity contribution is 0.367. The standard InChI is InChI=1S/C17H21FN6S/c1-10(2)15-9-24-14(7-21-17(24)25-15)13-6-20-8-16(23-13)22-12-5-19-4-11(12)3-18/h6-12,19H,3-5H2,1-2H3,(H,22,23)/t11-,12+/m1/s1. The van der Waals surface area contributed by atoms with Gasteiger partial charge in [-0.1, -0.05) is 13.8 Å². The number of nitrogens with one attached hydrogen (secondary N) is 2. The molecule has 0 amide bonds. The summed E-state index contributed by atoms with van der Waals surface area (Å²) in [7, 11) is 0. The largest absolute Gasteiger partial charge is 0.364 e. The zero-order chi connectivity index (χ0) is 17.4. The highest BCUT2D eigenvalue weighted by molar-refractivity contribution is 7.17. The molecule has 132 valence electrons. The summed E-state index contributed by atoms with van der Waals surface area (Å²) in [4.78, 5) is 15.7. The minimum Gasteiger partial charge on any atom is -0.364 e. The Kier molecular flexibility index (Phi) is 4.39. The van der Waals surface area contributed by atoms with E-state index in [9.17, 15) is 4.39 Å². The third-order valence-corrected chi connectivity index (χ3v) is 5.86. The second kappa shape index (κ2) is 6.68. The molecular formula is C17H21FN6S. The van der Waals surface area contributed by atoms with Crippen molar-refractivity contribution in [2.24, 2.45) is 5.92 Å². The van der Waals surface area contributed by atoms with Crippen LogP contribution in [0.1, 0.15) is 24.6 Å². The Hall–Kier alpha value is -2.06. The Labute approximate surface area is 149 Å². The maximum Gasteiger partial charge on any atom is 0.194 e. The molecule has 0 bridgehead atoms. The first-order valence-corrected chi connectivity index (χ1v) is 9.29. The second-order valence-corrected chi connectivity index (χ2v) is 7.74. The van der Waals surface area contributed by atoms with E-state index in [2.05, 4.69) is 50.0 Å². The number of alkyl halides is 1. The zero-order valence-electron chi connectivity index (χ0n) is 14.2. The molecular weight excluding hydrogens is 339 g/mol. The summed E-state index contributed by atoms with van der Waals surface area (Å²) in [5.41, 5.74) is 1.68. The first-order chi connectivity index (χ1) is 12.2. The number of fused-ring (bicyclic) bond motifs is 1. The van der Waals surface area contributed by atoms with Crippen molar-refractivity contribution >= 4 is 22.1 Å². The highest BCUT2D eigenvalue weighted by Crippen LogP contribution is 2.29. The molecule has 2 atom stereocenters. The lowest BCUT2D eigenvalue weighted by Gasteiger charge is -2.17. The number of rotatable bonds is 5. The molecule has 4 rings (SSSR count). The van der Waals surface area contributed by atoms with E-state index in [4.69, 9.17) is 0 Å². The van der Waals surface area contributed by atoms with E-state index in [0.717, 1.165) is 22.9 Å². The summed E-state index contributed by atoms with van der Waals surface area (Å²) >= 11 is 1.69. The quantitative estimate of drug-likeness (QED) is 0.732. The molecule has 0 aliphatic carbocycles. The van der Waals surface area contributed by atoms with Gasteiger partial charge >= 0.3 is 0 Å². The number of anilines is 1. The molecule has 0 aromatic carbocycles. The van der Waals surface area contributed by atoms with E-state index in [1.54, 1.807) is 23.7 Å². The highest BCUT2D eigenvalue weighted by Gasteiger charge is 2.27. The van der Waals surface area contributed by atoms with Crippen LogP contribution in [0.5, 0.6) is 0 Å². The van der Waals surface area contributed by atoms with E-state index in [1.807, 2.05) is 6.20 Å². The number of thiazole rings is 1. The van der Waals surface area contributed by atoms with Crippen LogP contribution >= 0.6 is 11.3 Å². The number of hydrogen-bond acceptors (Lipinski definition) is 6. The van der Waals surface area contributed by atoms with Crippen molar-refractivity contribution in [3.05, 3.63) is 29.7 Å². The van der Waals surface area contributed by atoms with Gasteiger partial charge in [-0.05, 0) is 5.92 Å². The average Bonchev–Trinajstić information content (AvgIpc) is 3.29. The molecule has 6 nitrogen and oxygen atoms in total. The van der Waals surface area contributed by atoms with E-state index in [-0.39, 0.29) is 18.6 Å². The molecule has 1 fully saturated rings. The van der Waals surface area contributed by atoms with Crippen molar-refractivity contribution in [3.8, 4) is 11.4 Å². The van der Waals surface area contributed by atoms with Crippen LogP contribution in [0.2, 0.25) is 0 Å². The normalized spacial score (nSPS) is 20.6. The molecule has 0 saturated carbocycles. The van der Waals surface area contributed by atoms with Crippen molar-refractivity contribution < 1.29 is 4.39 Å². The van der Waals surface area contributed by atoms with Crippen LogP contribution in [0.4, 0.5) is 10.2 Å². The average molecular weight is 360 g/mol. The summed E-state index contributed by atoms with van der Waals surface area (Å²) in [6.45, 7) is 5.43. The Morgan fingerprint density at radius 1 is 1.36 bits per heavy atom. The number of halogens is 1. The molecule has 8 heteroatoms. The van der Waals surface area contributed by atoms with Gasteiger partial charge in [0.15, 0.2) is 4.96 Å². The molecule has 1 aliphatic heterocycles. The monoisotopic (exact) mass is 360 g/mol. The van der Waals surface area contributed by atoms with Gasteiger partial charge in [0.1, 0.15) is 11.5 Å². The van der Waals surface area contributed by atoms with Crippen LogP contribution in [-0.4, -0.2) is 45.2 Å². The van der Waals surface area contributed by atoms with Gasteiger partial charge in [-0.3, -0.25) is 13.8 Å². The van der Waals surface area contributed by atoms with Crippen LogP contribution in [0.25, 0.3) is 16.3 Å². The predicted octanol–water partition coefficient (Wildman–Crippen LogP) is 2.95. The Balaban J connectivity index is 1.63. The van der Waals surface area contributed by atoms with E-state index < -0.39 is 0 Å². The molecule has 4 heterocycles. The van der Waals surface area contributed by atoms with Crippen LogP contribution in [0, 0.1) is 5.92 Å². The van der Waals surface area contributed by atoms with E-state index in [1.165, 1.54) is 4.88 Å². The molecule has 0 unspecified atom stereocenters. The first kappa shape index (κ1) is 16.4. The maximum atomic E-state index is 13.1. The minimum atomic E-state index is -0.339. The number of aromatic nitrogens is 4. The fourth-order valence-electron chi connectivity index (χ4n) is 3.07. The molecule has 1 aliphatic rings. The van der Waals surface area contributed by atoms with Crippen molar-refractivity contribution in [1.82, 2.24) is 24.7 Å². The van der Waals surface area contributed by atoms with Crippen LogP contribution in [0.3, 0.4) is 0 Å². The minimum absolute atomic E-state index is 0.0300. The summed E-state index contributed by atoms with van der Waals surface area (Å²) in [6.07, 6.45) is 7.36. The van der Waals surface area contributed by atoms with Crippen molar-refractivity contribution in [1.29, 1.82) is 0 Å². The van der Waals surface area contributed by atoms with Crippen molar-refractivity contribution in [2.75, 3.05) is 25.1 Å². The Bertz CT molecular complexity index is 873. The fourth-order valence-corrected chi connectivity index (χ4v) is 4.03. The molecule has 0 radical (unpaired) electrons. The molecule has 0 spiro atoms. The molecule has 3 aromatic rings. The van der Waals surface area contributed by atoms with E-state index >= 15 is 0 Å². The fraction of sp³-hybridized carbons (Fsp3) is 0.471. The SMILES string of the molecule is CC(C)c1cn2c(-c3cncc(N[C@H]4CNC[C@H]4CF)n3)cnc2s1. The van der Waals surface area contributed by atoms with Gasteiger partial charge < -0.3 is 10.6 Å². The van der Waals surface area contributed by atoms with Gasteiger partial charge in [-0.2, -0.15) is 0 Å². The zero-order valence-corrected chi connectivity index (χ0v) is 15.1. The molecule has 2 N–H and O–H groups in total. The Morgan fingerprint density at radius 3 is 3.04 bits per heavy atom. The summed E-state index contributed by atoms with van der Waals surface area (Å²) < 4.78 is 15.1. The molecule has 3 aromatic heterocycles. The number of hydrogen-bond donors (Lipinski definition) is 2. The second-order valence-electron chi connectivity index (χ2n) is 6.70. The lowest BCUT2D eigenvalue weighted by atomic mass is 10.1. The van der Waals surface area contributed by atoms with Crippen LogP contribution in [-0.2, 0) is 0 Å². The number of nitrogens with zero attached hydrogens (tertiary/aromatic N) is 4. The third kappa shape index (κ3) is 3.11.